The Morgan fingerprint density at radius 1 is 1.14 bits per heavy atom. The number of hydrazone groups is 1. The van der Waals surface area contributed by atoms with Crippen molar-refractivity contribution >= 4 is 11.6 Å². The molecule has 22 heavy (non-hydrogen) atoms. The maximum absolute atomic E-state index is 12.3. The highest BCUT2D eigenvalue weighted by molar-refractivity contribution is 6.02. The molecule has 0 bridgehead atoms. The number of ether oxygens (including phenoxy) is 1. The summed E-state index contributed by atoms with van der Waals surface area (Å²) in [5.74, 6) is 0.856. The average Bonchev–Trinajstić information content (AvgIpc) is 3.06. The quantitative estimate of drug-likeness (QED) is 0.870. The summed E-state index contributed by atoms with van der Waals surface area (Å²) < 4.78 is 5.15. The number of amides is 1. The summed E-state index contributed by atoms with van der Waals surface area (Å²) in [6, 6.07) is 17.5. The number of nitrogens with zero attached hydrogens (tertiary/aromatic N) is 2. The smallest absolute Gasteiger partial charge is 0.247 e. The van der Waals surface area contributed by atoms with Crippen LogP contribution in [0.25, 0.3) is 0 Å². The molecule has 112 valence electrons. The summed E-state index contributed by atoms with van der Waals surface area (Å²) in [6.45, 7) is 0.646. The molecule has 0 spiro atoms. The fourth-order valence-corrected chi connectivity index (χ4v) is 2.49. The maximum atomic E-state index is 12.3. The van der Waals surface area contributed by atoms with Crippen molar-refractivity contribution in [2.45, 2.75) is 12.8 Å². The third-order valence-corrected chi connectivity index (χ3v) is 3.71. The fourth-order valence-electron chi connectivity index (χ4n) is 2.49. The monoisotopic (exact) mass is 294 g/mol. The number of rotatable bonds is 4. The maximum Gasteiger partial charge on any atom is 0.247 e. The molecule has 0 radical (unpaired) electrons. The molecule has 2 aromatic carbocycles. The van der Waals surface area contributed by atoms with Crippen LogP contribution in [0.3, 0.4) is 0 Å². The van der Waals surface area contributed by atoms with Crippen LogP contribution in [0.1, 0.15) is 17.5 Å². The first-order valence-electron chi connectivity index (χ1n) is 7.32. The van der Waals surface area contributed by atoms with Gasteiger partial charge in [0.05, 0.1) is 25.8 Å². The van der Waals surface area contributed by atoms with E-state index in [4.69, 9.17) is 4.74 Å². The van der Waals surface area contributed by atoms with Crippen LogP contribution in [0.15, 0.2) is 59.7 Å². The first kappa shape index (κ1) is 14.3. The molecule has 0 unspecified atom stereocenters. The van der Waals surface area contributed by atoms with Crippen LogP contribution >= 0.6 is 0 Å². The molecule has 4 heteroatoms. The highest BCUT2D eigenvalue weighted by Gasteiger charge is 2.21. The van der Waals surface area contributed by atoms with Crippen LogP contribution in [0.5, 0.6) is 5.75 Å². The minimum absolute atomic E-state index is 0.0368. The van der Waals surface area contributed by atoms with E-state index >= 15 is 0 Å². The predicted octanol–water partition coefficient (Wildman–Crippen LogP) is 2.87. The van der Waals surface area contributed by atoms with Crippen molar-refractivity contribution in [3.05, 3.63) is 65.7 Å². The second kappa shape index (κ2) is 6.43. The number of hydrogen-bond acceptors (Lipinski definition) is 3. The van der Waals surface area contributed by atoms with Crippen LogP contribution in [0.4, 0.5) is 0 Å². The molecular weight excluding hydrogens is 276 g/mol. The van der Waals surface area contributed by atoms with E-state index in [9.17, 15) is 4.79 Å². The van der Waals surface area contributed by atoms with Gasteiger partial charge in [-0.1, -0.05) is 30.3 Å². The molecule has 1 aliphatic heterocycles. The molecule has 0 saturated carbocycles. The van der Waals surface area contributed by atoms with Crippen LogP contribution in [-0.2, 0) is 11.2 Å². The Kier molecular flexibility index (Phi) is 4.19. The molecule has 4 nitrogen and oxygen atoms in total. The van der Waals surface area contributed by atoms with Crippen LogP contribution in [-0.4, -0.2) is 30.3 Å². The molecule has 3 rings (SSSR count). The largest absolute Gasteiger partial charge is 0.497 e. The Hall–Kier alpha value is -2.62. The second-order valence-electron chi connectivity index (χ2n) is 5.20. The van der Waals surface area contributed by atoms with Crippen molar-refractivity contribution < 1.29 is 9.53 Å². The molecule has 0 N–H and O–H groups in total. The number of carbonyl (C=O) groups is 1. The van der Waals surface area contributed by atoms with Gasteiger partial charge in [-0.05, 0) is 35.4 Å². The van der Waals surface area contributed by atoms with Crippen LogP contribution in [0, 0.1) is 0 Å². The lowest BCUT2D eigenvalue weighted by molar-refractivity contribution is -0.130. The molecule has 0 aliphatic carbocycles. The van der Waals surface area contributed by atoms with Crippen molar-refractivity contribution in [3.63, 3.8) is 0 Å². The Morgan fingerprint density at radius 3 is 2.55 bits per heavy atom. The third kappa shape index (κ3) is 3.17. The van der Waals surface area contributed by atoms with Gasteiger partial charge in [0.1, 0.15) is 5.75 Å². The van der Waals surface area contributed by atoms with E-state index in [0.717, 1.165) is 29.0 Å². The van der Waals surface area contributed by atoms with E-state index in [2.05, 4.69) is 5.10 Å². The standard InChI is InChI=1S/C18H18N2O2/c1-22-16-9-7-15(8-10-16)17-11-12-20(19-17)18(21)13-14-5-3-2-4-6-14/h2-10H,11-13H2,1H3. The van der Waals surface area contributed by atoms with Gasteiger partial charge in [-0.2, -0.15) is 5.10 Å². The lowest BCUT2D eigenvalue weighted by Crippen LogP contribution is -2.25. The molecule has 0 aromatic heterocycles. The van der Waals surface area contributed by atoms with E-state index in [1.54, 1.807) is 12.1 Å². The first-order chi connectivity index (χ1) is 10.8. The van der Waals surface area contributed by atoms with Gasteiger partial charge in [-0.3, -0.25) is 4.79 Å². The van der Waals surface area contributed by atoms with Crippen molar-refractivity contribution in [1.29, 1.82) is 0 Å². The van der Waals surface area contributed by atoms with Gasteiger partial charge in [0.25, 0.3) is 0 Å². The lowest BCUT2D eigenvalue weighted by atomic mass is 10.1. The van der Waals surface area contributed by atoms with Gasteiger partial charge in [-0.15, -0.1) is 0 Å². The minimum atomic E-state index is 0.0368. The first-order valence-corrected chi connectivity index (χ1v) is 7.32. The summed E-state index contributed by atoms with van der Waals surface area (Å²) in [4.78, 5) is 12.3. The molecular formula is C18H18N2O2. The van der Waals surface area contributed by atoms with Crippen molar-refractivity contribution in [3.8, 4) is 5.75 Å². The van der Waals surface area contributed by atoms with E-state index in [-0.39, 0.29) is 5.91 Å². The SMILES string of the molecule is COc1ccc(C2=NN(C(=O)Cc3ccccc3)CC2)cc1. The highest BCUT2D eigenvalue weighted by atomic mass is 16.5. The Balaban J connectivity index is 1.69. The number of methoxy groups -OCH3 is 1. The molecule has 2 aromatic rings. The summed E-state index contributed by atoms with van der Waals surface area (Å²) in [5, 5.41) is 6.05. The zero-order valence-corrected chi connectivity index (χ0v) is 12.5. The third-order valence-electron chi connectivity index (χ3n) is 3.71. The van der Waals surface area contributed by atoms with E-state index in [1.807, 2.05) is 54.6 Å². The molecule has 1 aliphatic rings. The molecule has 1 amide bonds. The summed E-state index contributed by atoms with van der Waals surface area (Å²) in [7, 11) is 1.64. The summed E-state index contributed by atoms with van der Waals surface area (Å²) in [5.41, 5.74) is 3.00. The zero-order chi connectivity index (χ0) is 15.4. The summed E-state index contributed by atoms with van der Waals surface area (Å²) >= 11 is 0. The fraction of sp³-hybridized carbons (Fsp3) is 0.222. The number of benzene rings is 2. The average molecular weight is 294 g/mol. The zero-order valence-electron chi connectivity index (χ0n) is 12.5. The van der Waals surface area contributed by atoms with Crippen LogP contribution in [0.2, 0.25) is 0 Å². The molecule has 0 fully saturated rings. The Bertz CT molecular complexity index is 678. The Labute approximate surface area is 130 Å². The molecule has 0 saturated heterocycles. The van der Waals surface area contributed by atoms with Gasteiger partial charge < -0.3 is 4.74 Å². The van der Waals surface area contributed by atoms with E-state index in [1.165, 1.54) is 0 Å². The van der Waals surface area contributed by atoms with Gasteiger partial charge in [0.2, 0.25) is 5.91 Å². The van der Waals surface area contributed by atoms with Crippen molar-refractivity contribution in [2.75, 3.05) is 13.7 Å². The van der Waals surface area contributed by atoms with Gasteiger partial charge >= 0.3 is 0 Å². The lowest BCUT2D eigenvalue weighted by Gasteiger charge is -2.11. The summed E-state index contributed by atoms with van der Waals surface area (Å²) in [6.07, 6.45) is 1.17. The molecule has 0 atom stereocenters. The van der Waals surface area contributed by atoms with Gasteiger partial charge in [0, 0.05) is 6.42 Å². The number of carbonyl (C=O) groups excluding carboxylic acids is 1. The van der Waals surface area contributed by atoms with Crippen molar-refractivity contribution in [1.82, 2.24) is 5.01 Å². The van der Waals surface area contributed by atoms with Gasteiger partial charge in [-0.25, -0.2) is 5.01 Å². The second-order valence-corrected chi connectivity index (χ2v) is 5.20. The topological polar surface area (TPSA) is 41.9 Å². The molecule has 1 heterocycles. The van der Waals surface area contributed by atoms with Crippen LogP contribution < -0.4 is 4.74 Å². The minimum Gasteiger partial charge on any atom is -0.497 e. The Morgan fingerprint density at radius 2 is 1.86 bits per heavy atom. The van der Waals surface area contributed by atoms with Crippen molar-refractivity contribution in [2.24, 2.45) is 5.10 Å². The van der Waals surface area contributed by atoms with Gasteiger partial charge in [0.15, 0.2) is 0 Å². The van der Waals surface area contributed by atoms with E-state index in [0.29, 0.717) is 13.0 Å². The predicted molar refractivity (Wildman–Crippen MR) is 86.0 cm³/mol. The number of hydrogen-bond donors (Lipinski definition) is 0. The van der Waals surface area contributed by atoms with E-state index < -0.39 is 0 Å². The normalized spacial score (nSPS) is 13.9. The highest BCUT2D eigenvalue weighted by Crippen LogP contribution is 2.18.